The molecule has 2 aliphatic rings. The van der Waals surface area contributed by atoms with Crippen LogP contribution in [0, 0.1) is 6.92 Å². The lowest BCUT2D eigenvalue weighted by Crippen LogP contribution is -2.53. The quantitative estimate of drug-likeness (QED) is 0.896. The van der Waals surface area contributed by atoms with Gasteiger partial charge in [-0.25, -0.2) is 0 Å². The lowest BCUT2D eigenvalue weighted by atomic mass is 9.75. The average molecular weight is 326 g/mol. The maximum absolute atomic E-state index is 12.1. The van der Waals surface area contributed by atoms with E-state index >= 15 is 0 Å². The zero-order valence-electron chi connectivity index (χ0n) is 14.1. The Kier molecular flexibility index (Phi) is 3.51. The largest absolute Gasteiger partial charge is 0.355 e. The molecular weight excluding hydrogens is 304 g/mol. The number of rotatable bonds is 2. The van der Waals surface area contributed by atoms with Gasteiger partial charge in [-0.2, -0.15) is 10.2 Å². The molecule has 126 valence electrons. The van der Waals surface area contributed by atoms with E-state index in [2.05, 4.69) is 25.5 Å². The Hall–Kier alpha value is -2.44. The molecule has 7 nitrogen and oxygen atoms in total. The number of carbonyl (C=O) groups is 1. The van der Waals surface area contributed by atoms with Gasteiger partial charge in [0.2, 0.25) is 5.91 Å². The third-order valence-corrected chi connectivity index (χ3v) is 5.34. The summed E-state index contributed by atoms with van der Waals surface area (Å²) in [5.41, 5.74) is 1.92. The van der Waals surface area contributed by atoms with Crippen LogP contribution in [-0.2, 0) is 11.8 Å². The molecule has 2 aliphatic heterocycles. The van der Waals surface area contributed by atoms with Crippen LogP contribution in [-0.4, -0.2) is 44.5 Å². The lowest BCUT2D eigenvalue weighted by molar-refractivity contribution is -0.119. The van der Waals surface area contributed by atoms with E-state index in [9.17, 15) is 4.79 Å². The molecule has 24 heavy (non-hydrogen) atoms. The molecule has 0 radical (unpaired) electrons. The Labute approximate surface area is 141 Å². The van der Waals surface area contributed by atoms with Crippen LogP contribution in [0.25, 0.3) is 0 Å². The van der Waals surface area contributed by atoms with Gasteiger partial charge in [-0.3, -0.25) is 9.48 Å². The Morgan fingerprint density at radius 1 is 1.25 bits per heavy atom. The number of hydrogen-bond acceptors (Lipinski definition) is 5. The zero-order valence-corrected chi connectivity index (χ0v) is 14.1. The van der Waals surface area contributed by atoms with Crippen molar-refractivity contribution in [1.29, 1.82) is 0 Å². The summed E-state index contributed by atoms with van der Waals surface area (Å²) in [6.45, 7) is 3.68. The van der Waals surface area contributed by atoms with Gasteiger partial charge >= 0.3 is 0 Å². The van der Waals surface area contributed by atoms with E-state index in [1.807, 2.05) is 43.2 Å². The van der Waals surface area contributed by atoms with E-state index in [-0.39, 0.29) is 17.4 Å². The Bertz CT molecular complexity index is 745. The predicted octanol–water partition coefficient (Wildman–Crippen LogP) is 1.16. The molecule has 0 unspecified atom stereocenters. The molecular formula is C17H22N6O. The van der Waals surface area contributed by atoms with Gasteiger partial charge in [-0.1, -0.05) is 0 Å². The molecule has 2 aromatic rings. The number of aryl methyl sites for hydroxylation is 2. The summed E-state index contributed by atoms with van der Waals surface area (Å²) in [6, 6.07) is 4.01. The SMILES string of the molecule is Cc1ccc(N2CCC3(CC2)NC(=O)C[C@@H]3c2cnn(C)c2)nn1. The second kappa shape index (κ2) is 5.58. The highest BCUT2D eigenvalue weighted by Gasteiger charge is 2.49. The summed E-state index contributed by atoms with van der Waals surface area (Å²) in [5.74, 6) is 1.26. The van der Waals surface area contributed by atoms with Crippen molar-refractivity contribution in [2.75, 3.05) is 18.0 Å². The second-order valence-corrected chi connectivity index (χ2v) is 6.93. The second-order valence-electron chi connectivity index (χ2n) is 6.93. The number of anilines is 1. The first-order chi connectivity index (χ1) is 11.6. The normalized spacial score (nSPS) is 22.8. The van der Waals surface area contributed by atoms with Crippen molar-refractivity contribution in [3.63, 3.8) is 0 Å². The van der Waals surface area contributed by atoms with Crippen LogP contribution in [0.15, 0.2) is 24.5 Å². The fourth-order valence-corrected chi connectivity index (χ4v) is 4.02. The molecule has 1 amide bonds. The Morgan fingerprint density at radius 2 is 2.04 bits per heavy atom. The van der Waals surface area contributed by atoms with Crippen molar-refractivity contribution in [2.45, 2.75) is 37.6 Å². The summed E-state index contributed by atoms with van der Waals surface area (Å²) >= 11 is 0. The van der Waals surface area contributed by atoms with Crippen molar-refractivity contribution < 1.29 is 4.79 Å². The Balaban J connectivity index is 1.54. The van der Waals surface area contributed by atoms with E-state index in [1.54, 1.807) is 0 Å². The molecule has 1 atom stereocenters. The highest BCUT2D eigenvalue weighted by Crippen LogP contribution is 2.43. The molecule has 2 saturated heterocycles. The van der Waals surface area contributed by atoms with Gasteiger partial charge in [0.1, 0.15) is 0 Å². The zero-order chi connectivity index (χ0) is 16.7. The van der Waals surface area contributed by atoms with Crippen LogP contribution in [0.2, 0.25) is 0 Å². The van der Waals surface area contributed by atoms with E-state index in [1.165, 1.54) is 0 Å². The maximum atomic E-state index is 12.1. The smallest absolute Gasteiger partial charge is 0.221 e. The number of nitrogens with one attached hydrogen (secondary N) is 1. The van der Waals surface area contributed by atoms with Gasteiger partial charge < -0.3 is 10.2 Å². The van der Waals surface area contributed by atoms with Crippen molar-refractivity contribution in [2.24, 2.45) is 7.05 Å². The number of amides is 1. The molecule has 0 aromatic carbocycles. The molecule has 1 N–H and O–H groups in total. The molecule has 0 saturated carbocycles. The molecule has 0 bridgehead atoms. The first-order valence-corrected chi connectivity index (χ1v) is 8.41. The number of aromatic nitrogens is 4. The number of hydrogen-bond donors (Lipinski definition) is 1. The minimum atomic E-state index is -0.158. The average Bonchev–Trinajstić information content (AvgIpc) is 3.13. The standard InChI is InChI=1S/C17H22N6O/c1-12-3-4-15(21-20-12)23-7-5-17(6-8-23)14(9-16(24)19-17)13-10-18-22(2)11-13/h3-4,10-11,14H,5-9H2,1-2H3,(H,19,24)/t14-/m1/s1. The van der Waals surface area contributed by atoms with Crippen LogP contribution < -0.4 is 10.2 Å². The van der Waals surface area contributed by atoms with Crippen molar-refractivity contribution in [1.82, 2.24) is 25.3 Å². The summed E-state index contributed by atoms with van der Waals surface area (Å²) in [4.78, 5) is 14.4. The van der Waals surface area contributed by atoms with Gasteiger partial charge in [0.05, 0.1) is 17.4 Å². The van der Waals surface area contributed by atoms with Gasteiger partial charge in [-0.15, -0.1) is 5.10 Å². The fraction of sp³-hybridized carbons (Fsp3) is 0.529. The molecule has 0 aliphatic carbocycles. The van der Waals surface area contributed by atoms with Crippen molar-refractivity contribution in [3.05, 3.63) is 35.8 Å². The minimum absolute atomic E-state index is 0.146. The third kappa shape index (κ3) is 2.53. The number of nitrogens with zero attached hydrogens (tertiary/aromatic N) is 5. The first kappa shape index (κ1) is 15.1. The molecule has 1 spiro atoms. The van der Waals surface area contributed by atoms with Gasteiger partial charge in [0.15, 0.2) is 5.82 Å². The van der Waals surface area contributed by atoms with Crippen molar-refractivity contribution in [3.8, 4) is 0 Å². The highest BCUT2D eigenvalue weighted by molar-refractivity contribution is 5.81. The number of carbonyl (C=O) groups excluding carboxylic acids is 1. The van der Waals surface area contributed by atoms with Gasteiger partial charge in [0.25, 0.3) is 0 Å². The third-order valence-electron chi connectivity index (χ3n) is 5.34. The van der Waals surface area contributed by atoms with E-state index < -0.39 is 0 Å². The van der Waals surface area contributed by atoms with Crippen LogP contribution in [0.3, 0.4) is 0 Å². The summed E-state index contributed by atoms with van der Waals surface area (Å²) in [5, 5.41) is 16.0. The summed E-state index contributed by atoms with van der Waals surface area (Å²) in [7, 11) is 1.92. The van der Waals surface area contributed by atoms with Crippen molar-refractivity contribution >= 4 is 11.7 Å². The maximum Gasteiger partial charge on any atom is 0.221 e. The highest BCUT2D eigenvalue weighted by atomic mass is 16.2. The van der Waals surface area contributed by atoms with Gasteiger partial charge in [-0.05, 0) is 37.5 Å². The van der Waals surface area contributed by atoms with Crippen LogP contribution >= 0.6 is 0 Å². The summed E-state index contributed by atoms with van der Waals surface area (Å²) < 4.78 is 1.81. The first-order valence-electron chi connectivity index (χ1n) is 8.41. The molecule has 4 rings (SSSR count). The molecule has 2 aromatic heterocycles. The van der Waals surface area contributed by atoms with E-state index in [4.69, 9.17) is 0 Å². The minimum Gasteiger partial charge on any atom is -0.355 e. The lowest BCUT2D eigenvalue weighted by Gasteiger charge is -2.42. The fourth-order valence-electron chi connectivity index (χ4n) is 4.02. The van der Waals surface area contributed by atoms with Crippen LogP contribution in [0.4, 0.5) is 5.82 Å². The predicted molar refractivity (Wildman–Crippen MR) is 89.7 cm³/mol. The monoisotopic (exact) mass is 326 g/mol. The molecule has 7 heteroatoms. The summed E-state index contributed by atoms with van der Waals surface area (Å²) in [6.07, 6.45) is 6.30. The Morgan fingerprint density at radius 3 is 2.67 bits per heavy atom. The topological polar surface area (TPSA) is 75.9 Å². The van der Waals surface area contributed by atoms with E-state index in [0.717, 1.165) is 43.0 Å². The van der Waals surface area contributed by atoms with Crippen LogP contribution in [0.1, 0.15) is 36.4 Å². The van der Waals surface area contributed by atoms with E-state index in [0.29, 0.717) is 6.42 Å². The van der Waals surface area contributed by atoms with Crippen LogP contribution in [0.5, 0.6) is 0 Å². The molecule has 4 heterocycles. The molecule has 2 fully saturated rings. The van der Waals surface area contributed by atoms with Gasteiger partial charge in [0, 0.05) is 38.7 Å². The number of piperidine rings is 1.